The number of carbonyl (C=O) groups excluding carboxylic acids is 2. The highest BCUT2D eigenvalue weighted by Gasteiger charge is 2.23. The maximum Gasteiger partial charge on any atom is 0.412 e. The van der Waals surface area contributed by atoms with Gasteiger partial charge in [-0.3, -0.25) is 10.1 Å². The quantitative estimate of drug-likeness (QED) is 0.210. The highest BCUT2D eigenvalue weighted by molar-refractivity contribution is 6.31. The predicted octanol–water partition coefficient (Wildman–Crippen LogP) is 6.32. The zero-order valence-electron chi connectivity index (χ0n) is 21.8. The molecule has 4 rings (SSSR count). The van der Waals surface area contributed by atoms with E-state index in [0.29, 0.717) is 21.8 Å². The number of hydrogen-bond donors (Lipinski definition) is 3. The first-order chi connectivity index (χ1) is 19.5. The van der Waals surface area contributed by atoms with Gasteiger partial charge in [-0.15, -0.1) is 0 Å². The lowest BCUT2D eigenvalue weighted by Crippen LogP contribution is -2.42. The van der Waals surface area contributed by atoms with Gasteiger partial charge < -0.3 is 19.7 Å². The third kappa shape index (κ3) is 7.06. The summed E-state index contributed by atoms with van der Waals surface area (Å²) >= 11 is 6.18. The molecule has 212 valence electrons. The van der Waals surface area contributed by atoms with Crippen LogP contribution in [0.4, 0.5) is 19.3 Å². The Hall–Kier alpha value is -4.77. The van der Waals surface area contributed by atoms with E-state index in [4.69, 9.17) is 20.9 Å². The molecule has 4 aromatic rings. The van der Waals surface area contributed by atoms with Crippen LogP contribution in [0.1, 0.15) is 40.2 Å². The van der Waals surface area contributed by atoms with Gasteiger partial charge in [-0.2, -0.15) is 0 Å². The first-order valence-electron chi connectivity index (χ1n) is 12.3. The Kier molecular flexibility index (Phi) is 8.98. The summed E-state index contributed by atoms with van der Waals surface area (Å²) in [7, 11) is 0. The molecule has 0 aliphatic heterocycles. The average molecular weight is 584 g/mol. The molecule has 0 spiro atoms. The summed E-state index contributed by atoms with van der Waals surface area (Å²) in [5.74, 6) is -4.01. The topological polar surface area (TPSA) is 131 Å². The molecule has 1 heterocycles. The number of carboxylic acid groups (broad SMARTS) is 1. The lowest BCUT2D eigenvalue weighted by Gasteiger charge is -2.16. The molecule has 2 atom stereocenters. The van der Waals surface area contributed by atoms with Crippen molar-refractivity contribution in [2.75, 3.05) is 5.32 Å². The molecule has 9 nitrogen and oxygen atoms in total. The van der Waals surface area contributed by atoms with Crippen LogP contribution in [0.3, 0.4) is 0 Å². The summed E-state index contributed by atoms with van der Waals surface area (Å²) in [6.45, 7) is 3.31. The van der Waals surface area contributed by atoms with Crippen LogP contribution in [0.5, 0.6) is 0 Å². The van der Waals surface area contributed by atoms with Crippen molar-refractivity contribution in [3.05, 3.63) is 106 Å². The van der Waals surface area contributed by atoms with E-state index in [1.807, 2.05) is 0 Å². The number of nitrogens with zero attached hydrogens (tertiary/aromatic N) is 1. The minimum Gasteiger partial charge on any atom is -0.480 e. The molecule has 0 saturated heterocycles. The van der Waals surface area contributed by atoms with Gasteiger partial charge in [-0.25, -0.2) is 18.4 Å². The number of carboxylic acids is 1. The molecule has 2 amide bonds. The second kappa shape index (κ2) is 12.6. The van der Waals surface area contributed by atoms with Gasteiger partial charge >= 0.3 is 12.1 Å². The summed E-state index contributed by atoms with van der Waals surface area (Å²) in [5, 5.41) is 18.9. The molecule has 0 saturated carbocycles. The van der Waals surface area contributed by atoms with Crippen molar-refractivity contribution in [3.63, 3.8) is 0 Å². The SMILES string of the molecule is Cc1noc(-c2ccc(C(=O)N[C@H](Cc3ccc(F)c(F)c3)C(=O)O)cc2)c1NC(=O)O[C@H](C)c1ccccc1Cl. The number of aliphatic carboxylic acids is 1. The molecule has 3 aromatic carbocycles. The monoisotopic (exact) mass is 583 g/mol. The molecule has 0 unspecified atom stereocenters. The Labute approximate surface area is 238 Å². The van der Waals surface area contributed by atoms with E-state index >= 15 is 0 Å². The van der Waals surface area contributed by atoms with Crippen LogP contribution in [0.15, 0.2) is 71.3 Å². The van der Waals surface area contributed by atoms with Crippen LogP contribution in [0.2, 0.25) is 5.02 Å². The van der Waals surface area contributed by atoms with Crippen LogP contribution in [0.25, 0.3) is 11.3 Å². The molecule has 3 N–H and O–H groups in total. The van der Waals surface area contributed by atoms with Crippen molar-refractivity contribution in [3.8, 4) is 11.3 Å². The lowest BCUT2D eigenvalue weighted by molar-refractivity contribution is -0.139. The number of anilines is 1. The van der Waals surface area contributed by atoms with Crippen LogP contribution in [-0.4, -0.2) is 34.3 Å². The molecular weight excluding hydrogens is 560 g/mol. The summed E-state index contributed by atoms with van der Waals surface area (Å²) in [6, 6.07) is 14.5. The maximum absolute atomic E-state index is 13.5. The Balaban J connectivity index is 1.44. The zero-order valence-corrected chi connectivity index (χ0v) is 22.5. The van der Waals surface area contributed by atoms with Crippen molar-refractivity contribution >= 4 is 35.3 Å². The van der Waals surface area contributed by atoms with Gasteiger partial charge in [0.1, 0.15) is 23.5 Å². The number of rotatable bonds is 9. The highest BCUT2D eigenvalue weighted by atomic mass is 35.5. The van der Waals surface area contributed by atoms with E-state index in [-0.39, 0.29) is 29.0 Å². The fraction of sp³-hybridized carbons (Fsp3) is 0.172. The van der Waals surface area contributed by atoms with E-state index in [1.165, 1.54) is 30.3 Å². The molecule has 41 heavy (non-hydrogen) atoms. The second-order valence-electron chi connectivity index (χ2n) is 9.06. The number of hydrogen-bond acceptors (Lipinski definition) is 6. The van der Waals surface area contributed by atoms with Crippen LogP contribution >= 0.6 is 11.6 Å². The third-order valence-electron chi connectivity index (χ3n) is 6.15. The van der Waals surface area contributed by atoms with E-state index < -0.39 is 41.7 Å². The van der Waals surface area contributed by atoms with Gasteiger partial charge in [-0.05, 0) is 49.7 Å². The van der Waals surface area contributed by atoms with Crippen molar-refractivity contribution in [2.45, 2.75) is 32.4 Å². The largest absolute Gasteiger partial charge is 0.480 e. The molecule has 0 aliphatic rings. The van der Waals surface area contributed by atoms with Gasteiger partial charge in [0.05, 0.1) is 0 Å². The first-order valence-corrected chi connectivity index (χ1v) is 12.7. The molecule has 12 heteroatoms. The number of nitrogens with one attached hydrogen (secondary N) is 2. The minimum absolute atomic E-state index is 0.129. The van der Waals surface area contributed by atoms with Gasteiger partial charge in [-0.1, -0.05) is 53.2 Å². The fourth-order valence-electron chi connectivity index (χ4n) is 3.99. The first kappa shape index (κ1) is 29.2. The molecule has 0 fully saturated rings. The van der Waals surface area contributed by atoms with E-state index in [0.717, 1.165) is 12.1 Å². The number of halogens is 3. The molecule has 1 aromatic heterocycles. The second-order valence-corrected chi connectivity index (χ2v) is 9.47. The van der Waals surface area contributed by atoms with Crippen molar-refractivity contribution in [1.82, 2.24) is 10.5 Å². The Morgan fingerprint density at radius 3 is 2.41 bits per heavy atom. The number of aryl methyl sites for hydroxylation is 1. The van der Waals surface area contributed by atoms with Crippen molar-refractivity contribution < 1.29 is 37.5 Å². The minimum atomic E-state index is -1.39. The summed E-state index contributed by atoms with van der Waals surface area (Å²) in [5.41, 5.74) is 2.07. The van der Waals surface area contributed by atoms with E-state index in [1.54, 1.807) is 38.1 Å². The van der Waals surface area contributed by atoms with Gasteiger partial charge in [0.25, 0.3) is 5.91 Å². The van der Waals surface area contributed by atoms with E-state index in [2.05, 4.69) is 15.8 Å². The van der Waals surface area contributed by atoms with Gasteiger partial charge in [0, 0.05) is 28.1 Å². The molecule has 0 aliphatic carbocycles. The van der Waals surface area contributed by atoms with Crippen molar-refractivity contribution in [2.24, 2.45) is 0 Å². The lowest BCUT2D eigenvalue weighted by atomic mass is 10.0. The average Bonchev–Trinajstić information content (AvgIpc) is 3.29. The molecule has 0 radical (unpaired) electrons. The summed E-state index contributed by atoms with van der Waals surface area (Å²) < 4.78 is 37.6. The predicted molar refractivity (Wildman–Crippen MR) is 146 cm³/mol. The number of carbonyl (C=O) groups is 3. The van der Waals surface area contributed by atoms with Gasteiger partial charge in [0.2, 0.25) is 0 Å². The third-order valence-corrected chi connectivity index (χ3v) is 6.50. The standard InChI is InChI=1S/C29H24ClF2N3O6/c1-15-25(34-29(39)40-16(2)20-5-3-4-6-21(20)30)26(41-35-15)18-8-10-19(11-9-18)27(36)33-24(28(37)38)14-17-7-12-22(31)23(32)13-17/h3-13,16,24H,14H2,1-2H3,(H,33,36)(H,34,39)(H,37,38)/t16-,24-/m1/s1. The highest BCUT2D eigenvalue weighted by Crippen LogP contribution is 2.32. The van der Waals surface area contributed by atoms with Crippen molar-refractivity contribution in [1.29, 1.82) is 0 Å². The Morgan fingerprint density at radius 2 is 1.76 bits per heavy atom. The van der Waals surface area contributed by atoms with Gasteiger partial charge in [0.15, 0.2) is 17.4 Å². The summed E-state index contributed by atoms with van der Waals surface area (Å²) in [4.78, 5) is 37.1. The molecular formula is C29H24ClF2N3O6. The Bertz CT molecular complexity index is 1590. The normalized spacial score (nSPS) is 12.3. The number of ether oxygens (including phenoxy) is 1. The number of amides is 2. The van der Waals surface area contributed by atoms with Crippen LogP contribution < -0.4 is 10.6 Å². The maximum atomic E-state index is 13.5. The summed E-state index contributed by atoms with van der Waals surface area (Å²) in [6.07, 6.45) is -1.66. The van der Waals surface area contributed by atoms with E-state index in [9.17, 15) is 28.3 Å². The Morgan fingerprint density at radius 1 is 1.05 bits per heavy atom. The fourth-order valence-corrected chi connectivity index (χ4v) is 4.28. The molecule has 0 bridgehead atoms. The number of aromatic nitrogens is 1. The zero-order chi connectivity index (χ0) is 29.7. The van der Waals surface area contributed by atoms with Crippen LogP contribution in [0, 0.1) is 18.6 Å². The smallest absolute Gasteiger partial charge is 0.412 e. The number of benzene rings is 3. The van der Waals surface area contributed by atoms with Crippen LogP contribution in [-0.2, 0) is 16.0 Å².